The first-order chi connectivity index (χ1) is 15.5. The van der Waals surface area contributed by atoms with Gasteiger partial charge >= 0.3 is 0 Å². The molecule has 1 amide bonds. The minimum Gasteiger partial charge on any atom is -0.391 e. The van der Waals surface area contributed by atoms with Gasteiger partial charge in [0.15, 0.2) is 0 Å². The van der Waals surface area contributed by atoms with Gasteiger partial charge in [0.1, 0.15) is 11.6 Å². The van der Waals surface area contributed by atoms with Crippen molar-refractivity contribution in [3.05, 3.63) is 76.7 Å². The number of nitrogens with one attached hydrogen (secondary N) is 1. The van der Waals surface area contributed by atoms with Gasteiger partial charge in [0.05, 0.1) is 47.0 Å². The summed E-state index contributed by atoms with van der Waals surface area (Å²) in [5.41, 5.74) is 3.14. The fourth-order valence-electron chi connectivity index (χ4n) is 4.42. The number of pyridine rings is 2. The molecule has 3 aromatic rings. The molecule has 0 radical (unpaired) electrons. The van der Waals surface area contributed by atoms with Crippen LogP contribution in [-0.4, -0.2) is 40.2 Å². The van der Waals surface area contributed by atoms with Gasteiger partial charge in [-0.25, -0.2) is 13.8 Å². The van der Waals surface area contributed by atoms with E-state index in [0.717, 1.165) is 30.8 Å². The molecule has 1 atom stereocenters. The Morgan fingerprint density at radius 3 is 2.69 bits per heavy atom. The average Bonchev–Trinajstić information content (AvgIpc) is 3.15. The third-order valence-electron chi connectivity index (χ3n) is 5.98. The molecule has 164 valence electrons. The number of piperidine rings is 1. The molecule has 0 aliphatic carbocycles. The Kier molecular flexibility index (Phi) is 5.30. The van der Waals surface area contributed by atoms with Gasteiger partial charge in [-0.05, 0) is 48.7 Å². The summed E-state index contributed by atoms with van der Waals surface area (Å²) >= 11 is 0. The largest absolute Gasteiger partial charge is 0.391 e. The van der Waals surface area contributed by atoms with E-state index in [1.165, 1.54) is 18.2 Å². The Morgan fingerprint density at radius 2 is 1.97 bits per heavy atom. The number of aliphatic hydroxyl groups is 1. The second-order valence-electron chi connectivity index (χ2n) is 8.19. The smallest absolute Gasteiger partial charge is 0.253 e. The van der Waals surface area contributed by atoms with E-state index in [1.807, 2.05) is 12.1 Å². The van der Waals surface area contributed by atoms with Crippen molar-refractivity contribution in [2.75, 3.05) is 18.0 Å². The van der Waals surface area contributed by atoms with Crippen LogP contribution < -0.4 is 10.2 Å². The molecule has 2 aromatic heterocycles. The molecule has 1 aromatic carbocycles. The molecule has 4 heterocycles. The molecule has 8 heteroatoms. The number of hydrogen-bond donors (Lipinski definition) is 2. The molecule has 0 spiro atoms. The number of nitrogens with zero attached hydrogens (tertiary/aromatic N) is 3. The van der Waals surface area contributed by atoms with Gasteiger partial charge < -0.3 is 15.3 Å². The minimum atomic E-state index is -0.702. The van der Waals surface area contributed by atoms with E-state index in [2.05, 4.69) is 20.2 Å². The third-order valence-corrected chi connectivity index (χ3v) is 5.98. The van der Waals surface area contributed by atoms with Gasteiger partial charge in [-0.3, -0.25) is 9.78 Å². The zero-order valence-electron chi connectivity index (χ0n) is 17.3. The number of benzene rings is 1. The predicted octanol–water partition coefficient (Wildman–Crippen LogP) is 3.22. The molecule has 32 heavy (non-hydrogen) atoms. The topological polar surface area (TPSA) is 78.4 Å². The minimum absolute atomic E-state index is 0.157. The van der Waals surface area contributed by atoms with Crippen LogP contribution in [0.15, 0.2) is 42.6 Å². The van der Waals surface area contributed by atoms with Gasteiger partial charge in [0, 0.05) is 25.2 Å². The van der Waals surface area contributed by atoms with Crippen molar-refractivity contribution in [2.24, 2.45) is 0 Å². The second-order valence-corrected chi connectivity index (χ2v) is 8.19. The van der Waals surface area contributed by atoms with E-state index in [1.54, 1.807) is 12.3 Å². The molecule has 1 saturated heterocycles. The maximum atomic E-state index is 14.4. The van der Waals surface area contributed by atoms with Gasteiger partial charge in [0.2, 0.25) is 0 Å². The number of hydrogen-bond acceptors (Lipinski definition) is 5. The van der Waals surface area contributed by atoms with Crippen molar-refractivity contribution < 1.29 is 18.7 Å². The Balaban J connectivity index is 1.48. The lowest BCUT2D eigenvalue weighted by molar-refractivity contribution is 0.0965. The van der Waals surface area contributed by atoms with Crippen molar-refractivity contribution >= 4 is 11.6 Å². The lowest BCUT2D eigenvalue weighted by atomic mass is 9.98. The summed E-state index contributed by atoms with van der Waals surface area (Å²) in [4.78, 5) is 23.4. The second kappa shape index (κ2) is 8.27. The molecule has 2 N–H and O–H groups in total. The van der Waals surface area contributed by atoms with Crippen molar-refractivity contribution in [3.63, 3.8) is 0 Å². The fourth-order valence-corrected chi connectivity index (χ4v) is 4.42. The highest BCUT2D eigenvalue weighted by molar-refractivity contribution is 5.99. The predicted molar refractivity (Wildman–Crippen MR) is 115 cm³/mol. The number of anilines is 1. The van der Waals surface area contributed by atoms with Gasteiger partial charge in [-0.1, -0.05) is 6.07 Å². The van der Waals surface area contributed by atoms with Crippen LogP contribution >= 0.6 is 0 Å². The maximum absolute atomic E-state index is 14.4. The van der Waals surface area contributed by atoms with Crippen LogP contribution in [0.1, 0.15) is 40.2 Å². The number of rotatable bonds is 4. The van der Waals surface area contributed by atoms with E-state index in [-0.39, 0.29) is 29.8 Å². The van der Waals surface area contributed by atoms with Crippen LogP contribution in [0.25, 0.3) is 11.3 Å². The monoisotopic (exact) mass is 436 g/mol. The number of aliphatic hydroxyl groups excluding tert-OH is 1. The zero-order chi connectivity index (χ0) is 22.2. The molecule has 0 bridgehead atoms. The van der Waals surface area contributed by atoms with E-state index < -0.39 is 11.6 Å². The third kappa shape index (κ3) is 3.82. The summed E-state index contributed by atoms with van der Waals surface area (Å²) < 4.78 is 28.7. The highest BCUT2D eigenvalue weighted by atomic mass is 19.1. The first-order valence-corrected chi connectivity index (χ1v) is 10.6. The normalized spacial score (nSPS) is 17.9. The molecule has 1 fully saturated rings. The molecule has 2 aliphatic heterocycles. The van der Waals surface area contributed by atoms with Gasteiger partial charge in [0.25, 0.3) is 5.91 Å². The average molecular weight is 436 g/mol. The number of amides is 1. The SMILES string of the molecule is O=C1NCc2nc(-c3c(F)cccc3F)cc(Cc3ccc(N4CCC[C@H](O)C4)cn3)c21. The standard InChI is InChI=1S/C24H22F2N4O2/c25-18-4-1-5-19(26)23(18)20-10-14(22-21(29-20)12-28-24(22)32)9-15-6-7-16(11-27-15)30-8-2-3-17(31)13-30/h1,4-7,10-11,17,31H,2-3,8-9,12-13H2,(H,28,32)/t17-/m0/s1. The zero-order valence-corrected chi connectivity index (χ0v) is 17.3. The Labute approximate surface area is 183 Å². The highest BCUT2D eigenvalue weighted by Gasteiger charge is 2.27. The van der Waals surface area contributed by atoms with E-state index >= 15 is 0 Å². The summed E-state index contributed by atoms with van der Waals surface area (Å²) in [5.74, 6) is -1.65. The number of fused-ring (bicyclic) bond motifs is 1. The van der Waals surface area contributed by atoms with Crippen molar-refractivity contribution in [3.8, 4) is 11.3 Å². The number of carbonyl (C=O) groups is 1. The number of β-amino-alcohol motifs (C(OH)–C–C–N with tert-alkyl or cyclic N) is 1. The molecule has 0 saturated carbocycles. The maximum Gasteiger partial charge on any atom is 0.253 e. The highest BCUT2D eigenvalue weighted by Crippen LogP contribution is 2.30. The van der Waals surface area contributed by atoms with Crippen LogP contribution in [0.3, 0.4) is 0 Å². The first-order valence-electron chi connectivity index (χ1n) is 10.6. The molecular weight excluding hydrogens is 414 g/mol. The summed E-state index contributed by atoms with van der Waals surface area (Å²) in [6.07, 6.45) is 3.48. The molecule has 2 aliphatic rings. The Morgan fingerprint density at radius 1 is 1.16 bits per heavy atom. The van der Waals surface area contributed by atoms with Crippen molar-refractivity contribution in [1.29, 1.82) is 0 Å². The van der Waals surface area contributed by atoms with Crippen molar-refractivity contribution in [2.45, 2.75) is 31.9 Å². The Hall–Kier alpha value is -3.39. The van der Waals surface area contributed by atoms with Crippen LogP contribution in [0, 0.1) is 11.6 Å². The van der Waals surface area contributed by atoms with E-state index in [9.17, 15) is 18.7 Å². The molecule has 0 unspecified atom stereocenters. The number of halogens is 2. The number of aromatic nitrogens is 2. The summed E-state index contributed by atoms with van der Waals surface area (Å²) in [6.45, 7) is 1.67. The summed E-state index contributed by atoms with van der Waals surface area (Å²) in [7, 11) is 0. The Bertz CT molecular complexity index is 1160. The van der Waals surface area contributed by atoms with Crippen LogP contribution in [0.2, 0.25) is 0 Å². The summed E-state index contributed by atoms with van der Waals surface area (Å²) in [5, 5.41) is 12.6. The van der Waals surface area contributed by atoms with Gasteiger partial charge in [-0.15, -0.1) is 0 Å². The molecular formula is C24H22F2N4O2. The lowest BCUT2D eigenvalue weighted by Gasteiger charge is -2.31. The van der Waals surface area contributed by atoms with E-state index in [0.29, 0.717) is 29.8 Å². The number of carbonyl (C=O) groups excluding carboxylic acids is 1. The van der Waals surface area contributed by atoms with Crippen LogP contribution in [0.4, 0.5) is 14.5 Å². The van der Waals surface area contributed by atoms with E-state index in [4.69, 9.17) is 0 Å². The molecule has 6 nitrogen and oxygen atoms in total. The van der Waals surface area contributed by atoms with Crippen molar-refractivity contribution in [1.82, 2.24) is 15.3 Å². The fraction of sp³-hybridized carbons (Fsp3) is 0.292. The van der Waals surface area contributed by atoms with Crippen LogP contribution in [0.5, 0.6) is 0 Å². The quantitative estimate of drug-likeness (QED) is 0.657. The lowest BCUT2D eigenvalue weighted by Crippen LogP contribution is -2.38. The van der Waals surface area contributed by atoms with Gasteiger partial charge in [-0.2, -0.15) is 0 Å². The summed E-state index contributed by atoms with van der Waals surface area (Å²) in [6, 6.07) is 9.07. The molecule has 5 rings (SSSR count). The first kappa shape index (κ1) is 20.5. The van der Waals surface area contributed by atoms with Crippen LogP contribution in [-0.2, 0) is 13.0 Å².